The number of allylic oxidation sites excluding steroid dienone is 2. The topological polar surface area (TPSA) is 17.1 Å². The van der Waals surface area contributed by atoms with E-state index in [0.717, 1.165) is 17.9 Å². The molecule has 0 aromatic rings. The van der Waals surface area contributed by atoms with Crippen LogP contribution in [-0.2, 0) is 4.79 Å². The molecule has 106 valence electrons. The third-order valence-electron chi connectivity index (χ3n) is 4.05. The van der Waals surface area contributed by atoms with Crippen molar-refractivity contribution < 1.29 is 4.79 Å². The van der Waals surface area contributed by atoms with E-state index in [1.807, 2.05) is 0 Å². The van der Waals surface area contributed by atoms with Crippen LogP contribution in [0.3, 0.4) is 0 Å². The lowest BCUT2D eigenvalue weighted by Crippen LogP contribution is -2.45. The van der Waals surface area contributed by atoms with Gasteiger partial charge in [0.05, 0.1) is 0 Å². The number of halogens is 1. The molecule has 0 bridgehead atoms. The molecule has 0 N–H and O–H groups in total. The van der Waals surface area contributed by atoms with E-state index in [1.54, 1.807) is 6.08 Å². The van der Waals surface area contributed by atoms with Crippen molar-refractivity contribution in [3.63, 3.8) is 0 Å². The molecule has 0 saturated carbocycles. The van der Waals surface area contributed by atoms with Gasteiger partial charge in [0.25, 0.3) is 0 Å². The van der Waals surface area contributed by atoms with Crippen molar-refractivity contribution in [1.82, 2.24) is 0 Å². The molecule has 0 rings (SSSR count). The summed E-state index contributed by atoms with van der Waals surface area (Å²) in [5.41, 5.74) is 0. The van der Waals surface area contributed by atoms with E-state index in [9.17, 15) is 4.79 Å². The molecule has 0 aliphatic rings. The quantitative estimate of drug-likeness (QED) is 0.334. The van der Waals surface area contributed by atoms with Crippen molar-refractivity contribution >= 4 is 25.1 Å². The Hall–Kier alpha value is -0.0831. The second-order valence-electron chi connectivity index (χ2n) is 6.64. The minimum atomic E-state index is -1.93. The summed E-state index contributed by atoms with van der Waals surface area (Å²) in [5, 5.41) is 1.09. The van der Waals surface area contributed by atoms with Gasteiger partial charge in [0.15, 0.2) is 0 Å². The van der Waals surface area contributed by atoms with Gasteiger partial charge in [0.1, 0.15) is 13.5 Å². The Morgan fingerprint density at radius 3 is 2.17 bits per heavy atom. The van der Waals surface area contributed by atoms with E-state index < -0.39 is 8.07 Å². The first-order chi connectivity index (χ1) is 8.13. The van der Waals surface area contributed by atoms with Crippen molar-refractivity contribution in [2.24, 2.45) is 0 Å². The first-order valence-electron chi connectivity index (χ1n) is 7.03. The molecule has 0 amide bonds. The van der Waals surface area contributed by atoms with Crippen LogP contribution >= 0.6 is 11.6 Å². The van der Waals surface area contributed by atoms with Gasteiger partial charge in [-0.05, 0) is 24.0 Å². The smallest absolute Gasteiger partial charge is 0.137 e. The average Bonchev–Trinajstić information content (AvgIpc) is 2.22. The van der Waals surface area contributed by atoms with E-state index in [2.05, 4.69) is 40.8 Å². The number of carbonyl (C=O) groups is 1. The van der Waals surface area contributed by atoms with Crippen molar-refractivity contribution in [2.45, 2.75) is 77.9 Å². The van der Waals surface area contributed by atoms with Gasteiger partial charge in [0.2, 0.25) is 0 Å². The molecule has 3 heteroatoms. The molecule has 18 heavy (non-hydrogen) atoms. The highest BCUT2D eigenvalue weighted by Crippen LogP contribution is 2.37. The molecule has 0 aliphatic carbocycles. The van der Waals surface area contributed by atoms with Crippen LogP contribution in [0.5, 0.6) is 0 Å². The molecule has 0 saturated heterocycles. The van der Waals surface area contributed by atoms with Crippen molar-refractivity contribution in [2.75, 3.05) is 0 Å². The lowest BCUT2D eigenvalue weighted by Gasteiger charge is -2.34. The van der Waals surface area contributed by atoms with Crippen LogP contribution in [0.25, 0.3) is 0 Å². The lowest BCUT2D eigenvalue weighted by atomic mass is 10.1. The third kappa shape index (κ3) is 5.70. The van der Waals surface area contributed by atoms with Crippen LogP contribution in [0.15, 0.2) is 11.1 Å². The Kier molecular flexibility index (Phi) is 7.46. The van der Waals surface area contributed by atoms with Gasteiger partial charge in [-0.15, -0.1) is 0 Å². The molecule has 1 nitrogen and oxygen atoms in total. The highest BCUT2D eigenvalue weighted by molar-refractivity contribution is 7.07. The summed E-state index contributed by atoms with van der Waals surface area (Å²) in [6.45, 7) is 12.9. The monoisotopic (exact) mass is 288 g/mol. The summed E-state index contributed by atoms with van der Waals surface area (Å²) in [7, 11) is -1.93. The molecular weight excluding hydrogens is 260 g/mol. The molecule has 0 radical (unpaired) electrons. The summed E-state index contributed by atoms with van der Waals surface area (Å²) in [6, 6.07) is 0. The van der Waals surface area contributed by atoms with E-state index >= 15 is 0 Å². The first kappa shape index (κ1) is 17.9. The highest BCUT2D eigenvalue weighted by atomic mass is 35.5. The Labute approximate surface area is 119 Å². The van der Waals surface area contributed by atoms with Gasteiger partial charge in [-0.1, -0.05) is 71.7 Å². The van der Waals surface area contributed by atoms with Crippen LogP contribution in [0.1, 0.15) is 59.8 Å². The van der Waals surface area contributed by atoms with Crippen molar-refractivity contribution in [3.8, 4) is 0 Å². The van der Waals surface area contributed by atoms with E-state index in [1.165, 1.54) is 19.3 Å². The SMILES string of the molecule is CCCCCC/C(Cl)=C\C(=O)[Si](C)(C)C(C)(C)C. The van der Waals surface area contributed by atoms with Crippen LogP contribution in [-0.4, -0.2) is 13.5 Å². The van der Waals surface area contributed by atoms with E-state index in [4.69, 9.17) is 11.6 Å². The Morgan fingerprint density at radius 2 is 1.72 bits per heavy atom. The number of rotatable bonds is 7. The largest absolute Gasteiger partial charge is 0.301 e. The van der Waals surface area contributed by atoms with Gasteiger partial charge >= 0.3 is 0 Å². The minimum absolute atomic E-state index is 0.0833. The van der Waals surface area contributed by atoms with Crippen molar-refractivity contribution in [3.05, 3.63) is 11.1 Å². The lowest BCUT2D eigenvalue weighted by molar-refractivity contribution is -0.108. The van der Waals surface area contributed by atoms with Crippen LogP contribution in [0.2, 0.25) is 18.1 Å². The zero-order valence-electron chi connectivity index (χ0n) is 12.9. The average molecular weight is 289 g/mol. The molecule has 0 fully saturated rings. The molecule has 0 aromatic carbocycles. The third-order valence-corrected chi connectivity index (χ3v) is 9.47. The molecule has 0 spiro atoms. The van der Waals surface area contributed by atoms with E-state index in [-0.39, 0.29) is 10.4 Å². The zero-order chi connectivity index (χ0) is 14.4. The zero-order valence-corrected chi connectivity index (χ0v) is 14.7. The molecule has 0 aliphatic heterocycles. The number of unbranched alkanes of at least 4 members (excludes halogenated alkanes) is 3. The standard InChI is InChI=1S/C15H29ClOSi/c1-7-8-9-10-11-13(16)12-14(17)18(5,6)15(2,3)4/h12H,7-11H2,1-6H3/b13-12+. The predicted octanol–water partition coefficient (Wildman–Crippen LogP) is 5.70. The van der Waals surface area contributed by atoms with Crippen LogP contribution < -0.4 is 0 Å². The van der Waals surface area contributed by atoms with Crippen molar-refractivity contribution in [1.29, 1.82) is 0 Å². The second kappa shape index (κ2) is 7.49. The molecule has 0 atom stereocenters. The maximum absolute atomic E-state index is 12.3. The summed E-state index contributed by atoms with van der Waals surface area (Å²) < 4.78 is 0. The highest BCUT2D eigenvalue weighted by Gasteiger charge is 2.40. The molecule has 0 heterocycles. The predicted molar refractivity (Wildman–Crippen MR) is 84.9 cm³/mol. The van der Waals surface area contributed by atoms with Gasteiger partial charge < -0.3 is 4.79 Å². The maximum Gasteiger partial charge on any atom is 0.137 e. The first-order valence-corrected chi connectivity index (χ1v) is 10.4. The molecular formula is C15H29ClOSi. The molecule has 0 unspecified atom stereocenters. The minimum Gasteiger partial charge on any atom is -0.301 e. The van der Waals surface area contributed by atoms with Gasteiger partial charge in [0, 0.05) is 5.03 Å². The fourth-order valence-corrected chi connectivity index (χ4v) is 3.08. The summed E-state index contributed by atoms with van der Waals surface area (Å²) in [5.74, 6) is 0. The number of hydrogen-bond donors (Lipinski definition) is 0. The number of carbonyl (C=O) groups excluding carboxylic acids is 1. The van der Waals surface area contributed by atoms with Crippen LogP contribution in [0, 0.1) is 0 Å². The molecule has 0 aromatic heterocycles. The van der Waals surface area contributed by atoms with Crippen LogP contribution in [0.4, 0.5) is 0 Å². The van der Waals surface area contributed by atoms with Gasteiger partial charge in [-0.3, -0.25) is 0 Å². The Morgan fingerprint density at radius 1 is 1.17 bits per heavy atom. The summed E-state index contributed by atoms with van der Waals surface area (Å²) >= 11 is 6.17. The number of hydrogen-bond acceptors (Lipinski definition) is 1. The summed E-state index contributed by atoms with van der Waals surface area (Å²) in [4.78, 5) is 12.3. The van der Waals surface area contributed by atoms with Gasteiger partial charge in [-0.2, -0.15) is 0 Å². The fourth-order valence-electron chi connectivity index (χ4n) is 1.49. The summed E-state index contributed by atoms with van der Waals surface area (Å²) in [6.07, 6.45) is 7.32. The second-order valence-corrected chi connectivity index (χ2v) is 12.4. The maximum atomic E-state index is 12.3. The van der Waals surface area contributed by atoms with Gasteiger partial charge in [-0.25, -0.2) is 0 Å². The Balaban J connectivity index is 4.44. The fraction of sp³-hybridized carbons (Fsp3) is 0.800. The van der Waals surface area contributed by atoms with E-state index in [0.29, 0.717) is 0 Å². The normalized spacial score (nSPS) is 13.8. The Bertz CT molecular complexity index is 300.